The highest BCUT2D eigenvalue weighted by Gasteiger charge is 2.42. The summed E-state index contributed by atoms with van der Waals surface area (Å²) in [5, 5.41) is 12.6. The number of hydrogen-bond acceptors (Lipinski definition) is 2. The Kier molecular flexibility index (Phi) is 4.31. The van der Waals surface area contributed by atoms with Gasteiger partial charge in [-0.1, -0.05) is 19.9 Å². The van der Waals surface area contributed by atoms with Crippen molar-refractivity contribution >= 4 is 11.7 Å². The maximum absolute atomic E-state index is 13.2. The molecule has 0 unspecified atom stereocenters. The zero-order valence-corrected chi connectivity index (χ0v) is 12.0. The second-order valence-electron chi connectivity index (χ2n) is 6.10. The maximum Gasteiger partial charge on any atom is 0.329 e. The molecular weight excluding hydrogens is 257 g/mol. The lowest BCUT2D eigenvalue weighted by Crippen LogP contribution is -2.49. The number of benzene rings is 1. The van der Waals surface area contributed by atoms with Crippen molar-refractivity contribution in [1.82, 2.24) is 0 Å². The van der Waals surface area contributed by atoms with E-state index in [1.54, 1.807) is 12.1 Å². The Hall–Kier alpha value is -1.58. The van der Waals surface area contributed by atoms with Crippen molar-refractivity contribution in [2.24, 2.45) is 11.8 Å². The second kappa shape index (κ2) is 5.81. The predicted molar refractivity (Wildman–Crippen MR) is 77.2 cm³/mol. The smallest absolute Gasteiger partial charge is 0.329 e. The Morgan fingerprint density at radius 1 is 1.40 bits per heavy atom. The van der Waals surface area contributed by atoms with Crippen molar-refractivity contribution < 1.29 is 14.3 Å². The fourth-order valence-electron chi connectivity index (χ4n) is 3.03. The maximum atomic E-state index is 13.2. The average molecular weight is 279 g/mol. The van der Waals surface area contributed by atoms with Crippen LogP contribution in [0.5, 0.6) is 0 Å². The molecule has 110 valence electrons. The van der Waals surface area contributed by atoms with Gasteiger partial charge in [-0.05, 0) is 55.7 Å². The highest BCUT2D eigenvalue weighted by molar-refractivity contribution is 5.83. The zero-order chi connectivity index (χ0) is 14.8. The van der Waals surface area contributed by atoms with Crippen LogP contribution < -0.4 is 5.32 Å². The van der Waals surface area contributed by atoms with Crippen LogP contribution in [0.1, 0.15) is 39.5 Å². The third-order valence-corrected chi connectivity index (χ3v) is 4.44. The Labute approximate surface area is 119 Å². The Bertz CT molecular complexity index is 479. The molecule has 1 aliphatic rings. The topological polar surface area (TPSA) is 49.3 Å². The lowest BCUT2D eigenvalue weighted by Gasteiger charge is -2.39. The summed E-state index contributed by atoms with van der Waals surface area (Å²) >= 11 is 0. The van der Waals surface area contributed by atoms with Crippen LogP contribution in [0, 0.1) is 17.7 Å². The highest BCUT2D eigenvalue weighted by atomic mass is 19.1. The summed E-state index contributed by atoms with van der Waals surface area (Å²) in [5.74, 6) is -0.0388. The monoisotopic (exact) mass is 279 g/mol. The summed E-state index contributed by atoms with van der Waals surface area (Å²) in [6.07, 6.45) is 2.96. The molecule has 0 amide bonds. The first-order chi connectivity index (χ1) is 9.43. The Balaban J connectivity index is 2.14. The SMILES string of the molecule is CC(C)C1CCC(Nc2cccc(F)c2)(C(=O)O)CC1. The number of aliphatic carboxylic acids is 1. The molecule has 1 aromatic carbocycles. The van der Waals surface area contributed by atoms with Crippen LogP contribution >= 0.6 is 0 Å². The fraction of sp³-hybridized carbons (Fsp3) is 0.562. The van der Waals surface area contributed by atoms with E-state index in [0.29, 0.717) is 30.4 Å². The molecule has 0 heterocycles. The van der Waals surface area contributed by atoms with Crippen molar-refractivity contribution in [2.75, 3.05) is 5.32 Å². The van der Waals surface area contributed by atoms with Crippen molar-refractivity contribution in [3.8, 4) is 0 Å². The van der Waals surface area contributed by atoms with Gasteiger partial charge in [0.2, 0.25) is 0 Å². The molecule has 1 aromatic rings. The summed E-state index contributed by atoms with van der Waals surface area (Å²) < 4.78 is 13.2. The molecule has 4 heteroatoms. The first-order valence-electron chi connectivity index (χ1n) is 7.20. The van der Waals surface area contributed by atoms with Gasteiger partial charge in [-0.3, -0.25) is 0 Å². The van der Waals surface area contributed by atoms with Gasteiger partial charge in [-0.2, -0.15) is 0 Å². The summed E-state index contributed by atoms with van der Waals surface area (Å²) in [6, 6.07) is 6.00. The largest absolute Gasteiger partial charge is 0.480 e. The molecule has 0 bridgehead atoms. The number of anilines is 1. The minimum absolute atomic E-state index is 0.355. The fourth-order valence-corrected chi connectivity index (χ4v) is 3.03. The Morgan fingerprint density at radius 3 is 2.55 bits per heavy atom. The van der Waals surface area contributed by atoms with E-state index in [-0.39, 0.29) is 5.82 Å². The van der Waals surface area contributed by atoms with E-state index >= 15 is 0 Å². The summed E-state index contributed by atoms with van der Waals surface area (Å²) in [4.78, 5) is 11.7. The van der Waals surface area contributed by atoms with Gasteiger partial charge >= 0.3 is 5.97 Å². The van der Waals surface area contributed by atoms with Crippen molar-refractivity contribution in [1.29, 1.82) is 0 Å². The third kappa shape index (κ3) is 3.11. The number of halogens is 1. The van der Waals surface area contributed by atoms with Gasteiger partial charge in [0.25, 0.3) is 0 Å². The standard InChI is InChI=1S/C16H22FNO2/c1-11(2)12-6-8-16(9-7-12,15(19)20)18-14-5-3-4-13(17)10-14/h3-5,10-12,18H,6-9H2,1-2H3,(H,19,20). The molecule has 2 N–H and O–H groups in total. The molecule has 20 heavy (non-hydrogen) atoms. The number of nitrogens with one attached hydrogen (secondary N) is 1. The van der Waals surface area contributed by atoms with Gasteiger partial charge in [0.05, 0.1) is 0 Å². The van der Waals surface area contributed by atoms with Crippen molar-refractivity contribution in [3.63, 3.8) is 0 Å². The minimum atomic E-state index is -0.959. The molecule has 1 fully saturated rings. The lowest BCUT2D eigenvalue weighted by atomic mass is 9.72. The van der Waals surface area contributed by atoms with Gasteiger partial charge in [-0.15, -0.1) is 0 Å². The normalized spacial score (nSPS) is 26.5. The molecular formula is C16H22FNO2. The number of carbonyl (C=O) groups is 1. The molecule has 0 atom stereocenters. The second-order valence-corrected chi connectivity index (χ2v) is 6.10. The molecule has 0 aliphatic heterocycles. The van der Waals surface area contributed by atoms with E-state index in [4.69, 9.17) is 0 Å². The van der Waals surface area contributed by atoms with Crippen molar-refractivity contribution in [2.45, 2.75) is 45.1 Å². The van der Waals surface area contributed by atoms with Crippen LogP contribution in [0.3, 0.4) is 0 Å². The van der Waals surface area contributed by atoms with Gasteiger partial charge in [-0.25, -0.2) is 9.18 Å². The molecule has 0 spiro atoms. The van der Waals surface area contributed by atoms with E-state index in [2.05, 4.69) is 19.2 Å². The molecule has 2 rings (SSSR count). The van der Waals surface area contributed by atoms with E-state index in [1.807, 2.05) is 0 Å². The van der Waals surface area contributed by atoms with Crippen LogP contribution in [-0.4, -0.2) is 16.6 Å². The number of carboxylic acid groups (broad SMARTS) is 1. The number of rotatable bonds is 4. The van der Waals surface area contributed by atoms with Gasteiger partial charge in [0, 0.05) is 5.69 Å². The zero-order valence-electron chi connectivity index (χ0n) is 12.0. The van der Waals surface area contributed by atoms with Crippen LogP contribution in [0.2, 0.25) is 0 Å². The number of carboxylic acids is 1. The van der Waals surface area contributed by atoms with Crippen LogP contribution in [0.25, 0.3) is 0 Å². The molecule has 1 aliphatic carbocycles. The summed E-state index contributed by atoms with van der Waals surface area (Å²) in [5.41, 5.74) is -0.422. The van der Waals surface area contributed by atoms with E-state index in [0.717, 1.165) is 12.8 Å². The van der Waals surface area contributed by atoms with Gasteiger partial charge in [0.1, 0.15) is 11.4 Å². The third-order valence-electron chi connectivity index (χ3n) is 4.44. The summed E-state index contributed by atoms with van der Waals surface area (Å²) in [7, 11) is 0. The predicted octanol–water partition coefficient (Wildman–Crippen LogP) is 3.91. The van der Waals surface area contributed by atoms with E-state index in [9.17, 15) is 14.3 Å². The lowest BCUT2D eigenvalue weighted by molar-refractivity contribution is -0.144. The van der Waals surface area contributed by atoms with Crippen LogP contribution in [0.15, 0.2) is 24.3 Å². The van der Waals surface area contributed by atoms with E-state index in [1.165, 1.54) is 12.1 Å². The molecule has 3 nitrogen and oxygen atoms in total. The molecule has 0 aromatic heterocycles. The first-order valence-corrected chi connectivity index (χ1v) is 7.20. The van der Waals surface area contributed by atoms with Crippen LogP contribution in [-0.2, 0) is 4.79 Å². The minimum Gasteiger partial charge on any atom is -0.480 e. The first kappa shape index (κ1) is 14.8. The van der Waals surface area contributed by atoms with Crippen molar-refractivity contribution in [3.05, 3.63) is 30.1 Å². The molecule has 0 radical (unpaired) electrons. The van der Waals surface area contributed by atoms with Gasteiger partial charge < -0.3 is 10.4 Å². The molecule has 0 saturated heterocycles. The van der Waals surface area contributed by atoms with Gasteiger partial charge in [0.15, 0.2) is 0 Å². The highest BCUT2D eigenvalue weighted by Crippen LogP contribution is 2.38. The quantitative estimate of drug-likeness (QED) is 0.878. The average Bonchev–Trinajstić information content (AvgIpc) is 2.39. The van der Waals surface area contributed by atoms with Crippen LogP contribution in [0.4, 0.5) is 10.1 Å². The Morgan fingerprint density at radius 2 is 2.05 bits per heavy atom. The summed E-state index contributed by atoms with van der Waals surface area (Å²) in [6.45, 7) is 4.36. The van der Waals surface area contributed by atoms with E-state index < -0.39 is 11.5 Å². The molecule has 1 saturated carbocycles. The number of hydrogen-bond donors (Lipinski definition) is 2.